The number of fused-ring (bicyclic) bond motifs is 3. The van der Waals surface area contributed by atoms with Crippen molar-refractivity contribution in [2.24, 2.45) is 0 Å². The van der Waals surface area contributed by atoms with Crippen LogP contribution >= 0.6 is 0 Å². The van der Waals surface area contributed by atoms with Crippen LogP contribution < -0.4 is 0 Å². The van der Waals surface area contributed by atoms with E-state index in [-0.39, 0.29) is 10.8 Å². The first-order chi connectivity index (χ1) is 14.7. The Hall–Kier alpha value is -0.993. The SMILES string of the molecule is C[Si](C)=[Hf]([CH3])([CH3])([CH]1C=CC=C1)[CH]1c2cc(C(C)(C)C)ccc2-c2ccc(C(C)(C)C)cc21. The van der Waals surface area contributed by atoms with Gasteiger partial charge in [-0.15, -0.1) is 0 Å². The molecule has 0 N–H and O–H groups in total. The zero-order valence-corrected chi connectivity index (χ0v) is 26.5. The van der Waals surface area contributed by atoms with Gasteiger partial charge in [-0.3, -0.25) is 0 Å². The quantitative estimate of drug-likeness (QED) is 0.298. The maximum atomic E-state index is 2.81. The van der Waals surface area contributed by atoms with E-state index in [2.05, 4.69) is 125 Å². The van der Waals surface area contributed by atoms with Gasteiger partial charge in [0.05, 0.1) is 0 Å². The molecule has 4 rings (SSSR count). The average molecular weight is 609 g/mol. The number of hydrogen-bond donors (Lipinski definition) is 0. The second-order valence-corrected chi connectivity index (χ2v) is 62.4. The van der Waals surface area contributed by atoms with Gasteiger partial charge in [-0.25, -0.2) is 0 Å². The Bertz CT molecular complexity index is 1140. The molecule has 0 unspecified atom stereocenters. The van der Waals surface area contributed by atoms with Crippen LogP contribution in [0.25, 0.3) is 11.1 Å². The molecule has 0 aromatic heterocycles. The van der Waals surface area contributed by atoms with Crippen LogP contribution in [0.1, 0.15) is 67.5 Å². The fourth-order valence-corrected chi connectivity index (χ4v) is 39.8. The van der Waals surface area contributed by atoms with Crippen molar-refractivity contribution in [2.75, 3.05) is 0 Å². The Morgan fingerprint density at radius 1 is 0.688 bits per heavy atom. The van der Waals surface area contributed by atoms with Crippen molar-refractivity contribution >= 4 is 5.49 Å². The first-order valence-corrected chi connectivity index (χ1v) is 31.5. The monoisotopic (exact) mass is 610 g/mol. The summed E-state index contributed by atoms with van der Waals surface area (Å²) >= 11 is -3.52. The van der Waals surface area contributed by atoms with Gasteiger partial charge >= 0.3 is 199 Å². The molecule has 0 heterocycles. The third-order valence-corrected chi connectivity index (χ3v) is 68.6. The van der Waals surface area contributed by atoms with Crippen LogP contribution in [0, 0.1) is 0 Å². The topological polar surface area (TPSA) is 0 Å². The van der Waals surface area contributed by atoms with Gasteiger partial charge in [-0.05, 0) is 0 Å². The second kappa shape index (κ2) is 7.50. The summed E-state index contributed by atoms with van der Waals surface area (Å²) in [6.07, 6.45) is 9.72. The van der Waals surface area contributed by atoms with Crippen LogP contribution in [0.3, 0.4) is 0 Å². The third kappa shape index (κ3) is 3.55. The molecule has 0 nitrogen and oxygen atoms in total. The van der Waals surface area contributed by atoms with E-state index in [9.17, 15) is 0 Å². The van der Waals surface area contributed by atoms with Crippen LogP contribution in [0.15, 0.2) is 60.7 Å². The summed E-state index contributed by atoms with van der Waals surface area (Å²) in [5.41, 5.74) is 9.06. The first-order valence-electron chi connectivity index (χ1n) is 12.3. The number of benzene rings is 2. The summed E-state index contributed by atoms with van der Waals surface area (Å²) in [7, 11) is 0. The molecule has 2 aliphatic rings. The Labute approximate surface area is 197 Å². The third-order valence-electron chi connectivity index (χ3n) is 8.99. The van der Waals surface area contributed by atoms with Gasteiger partial charge in [-0.2, -0.15) is 0 Å². The molecule has 32 heavy (non-hydrogen) atoms. The predicted octanol–water partition coefficient (Wildman–Crippen LogP) is 9.30. The summed E-state index contributed by atoms with van der Waals surface area (Å²) < 4.78 is 6.89. The van der Waals surface area contributed by atoms with Crippen LogP contribution in [-0.2, 0) is 28.0 Å². The summed E-state index contributed by atoms with van der Waals surface area (Å²) in [6, 6.07) is 14.9. The van der Waals surface area contributed by atoms with Gasteiger partial charge in [0, 0.05) is 0 Å². The Balaban J connectivity index is 2.12. The first kappa shape index (κ1) is 24.1. The molecule has 2 aromatic rings. The molecule has 170 valence electrons. The summed E-state index contributed by atoms with van der Waals surface area (Å²) in [6.45, 7) is 19.4. The molecule has 0 spiro atoms. The fraction of sp³-hybridized carbons (Fsp3) is 0.467. The number of rotatable bonds is 2. The molecule has 0 bridgehead atoms. The van der Waals surface area contributed by atoms with Crippen LogP contribution in [0.5, 0.6) is 0 Å². The van der Waals surface area contributed by atoms with Crippen molar-refractivity contribution in [3.8, 4) is 11.1 Å². The molecule has 0 saturated carbocycles. The zero-order chi connectivity index (χ0) is 23.7. The number of hydrogen-bond acceptors (Lipinski definition) is 0. The standard InChI is InChI=1S/C21H25.C5H5.C2H6Si.2CH3.Hf/c1-20(2,3)16-7-9-18-14(12-16)11-15-13-17(21(4,5)6)8-10-19(15)18;1-2-4-5-3-1;1-3-2;;;/h7-13H,1-6H3;1-5H;1-2H3;2*1H3;. The van der Waals surface area contributed by atoms with Crippen molar-refractivity contribution in [2.45, 2.75) is 82.2 Å². The Morgan fingerprint density at radius 3 is 1.44 bits per heavy atom. The van der Waals surface area contributed by atoms with Crippen LogP contribution in [-0.4, -0.2) is 5.49 Å². The van der Waals surface area contributed by atoms with E-state index in [1.165, 1.54) is 22.3 Å². The zero-order valence-electron chi connectivity index (χ0n) is 21.9. The molecule has 0 aliphatic heterocycles. The van der Waals surface area contributed by atoms with E-state index in [1.54, 1.807) is 11.1 Å². The van der Waals surface area contributed by atoms with Crippen molar-refractivity contribution < 1.29 is 17.1 Å². The molecule has 0 saturated heterocycles. The van der Waals surface area contributed by atoms with E-state index in [1.807, 2.05) is 0 Å². The molecule has 0 fully saturated rings. The summed E-state index contributed by atoms with van der Waals surface area (Å²) in [5, 5.41) is 0. The minimum atomic E-state index is -3.52. The van der Waals surface area contributed by atoms with Gasteiger partial charge < -0.3 is 0 Å². The second-order valence-electron chi connectivity index (χ2n) is 13.4. The van der Waals surface area contributed by atoms with Crippen molar-refractivity contribution in [1.29, 1.82) is 0 Å². The fourth-order valence-electron chi connectivity index (χ4n) is 5.99. The molecule has 2 aliphatic carbocycles. The van der Waals surface area contributed by atoms with E-state index < -0.39 is 22.6 Å². The van der Waals surface area contributed by atoms with Gasteiger partial charge in [0.25, 0.3) is 0 Å². The van der Waals surface area contributed by atoms with Crippen LogP contribution in [0.4, 0.5) is 0 Å². The predicted molar refractivity (Wildman–Crippen MR) is 142 cm³/mol. The van der Waals surface area contributed by atoms with Crippen molar-refractivity contribution in [3.63, 3.8) is 0 Å². The minimum absolute atomic E-state index is 0.165. The van der Waals surface area contributed by atoms with Crippen molar-refractivity contribution in [1.82, 2.24) is 0 Å². The Morgan fingerprint density at radius 2 is 1.09 bits per heavy atom. The van der Waals surface area contributed by atoms with E-state index in [0.717, 1.165) is 0 Å². The van der Waals surface area contributed by atoms with Crippen LogP contribution in [0.2, 0.25) is 26.1 Å². The maximum absolute atomic E-state index is 3.52. The molecule has 0 radical (unpaired) electrons. The molecule has 0 atom stereocenters. The van der Waals surface area contributed by atoms with Gasteiger partial charge in [0.2, 0.25) is 0 Å². The summed E-state index contributed by atoms with van der Waals surface area (Å²) in [4.78, 5) is 0. The van der Waals surface area contributed by atoms with Gasteiger partial charge in [0.1, 0.15) is 0 Å². The molecule has 2 aromatic carbocycles. The molecule has 0 amide bonds. The number of allylic oxidation sites excluding steroid dienone is 4. The molecule has 2 heteroatoms. The van der Waals surface area contributed by atoms with E-state index in [0.29, 0.717) is 7.35 Å². The normalized spacial score (nSPS) is 17.1. The van der Waals surface area contributed by atoms with E-state index in [4.69, 9.17) is 0 Å². The average Bonchev–Trinajstić information content (AvgIpc) is 3.33. The van der Waals surface area contributed by atoms with E-state index >= 15 is 0 Å². The van der Waals surface area contributed by atoms with Gasteiger partial charge in [-0.1, -0.05) is 0 Å². The summed E-state index contributed by atoms with van der Waals surface area (Å²) in [5.74, 6) is 0. The molecular formula is C30H42HfSi. The molecular weight excluding hydrogens is 567 g/mol. The van der Waals surface area contributed by atoms with Crippen molar-refractivity contribution in [3.05, 3.63) is 83.0 Å². The Kier molecular flexibility index (Phi) is 5.66. The van der Waals surface area contributed by atoms with Gasteiger partial charge in [0.15, 0.2) is 0 Å².